The molecule has 186 valence electrons. The standard InChI is InChI=1S/C24H26FN3O5S2/c1-18-9-12-22(34(30,31)27(2)3)15-23(18)26-24(29)17-28(16-19-7-5-4-6-8-19)35(32,33)21-13-10-20(25)11-14-21/h4-15H,16-17H2,1-3H3,(H,26,29). The number of anilines is 1. The quantitative estimate of drug-likeness (QED) is 0.468. The molecule has 8 nitrogen and oxygen atoms in total. The minimum atomic E-state index is -4.15. The van der Waals surface area contributed by atoms with Gasteiger partial charge in [-0.1, -0.05) is 36.4 Å². The van der Waals surface area contributed by atoms with Crippen molar-refractivity contribution < 1.29 is 26.0 Å². The van der Waals surface area contributed by atoms with Crippen molar-refractivity contribution in [1.29, 1.82) is 0 Å². The maximum absolute atomic E-state index is 13.4. The fourth-order valence-corrected chi connectivity index (χ4v) is 5.54. The lowest BCUT2D eigenvalue weighted by atomic mass is 10.2. The number of sulfonamides is 2. The first kappa shape index (κ1) is 26.5. The number of rotatable bonds is 9. The van der Waals surface area contributed by atoms with E-state index in [0.717, 1.165) is 32.9 Å². The largest absolute Gasteiger partial charge is 0.325 e. The van der Waals surface area contributed by atoms with E-state index in [1.54, 1.807) is 43.3 Å². The molecule has 0 atom stereocenters. The molecule has 0 fully saturated rings. The van der Waals surface area contributed by atoms with Crippen molar-refractivity contribution in [3.8, 4) is 0 Å². The molecular weight excluding hydrogens is 493 g/mol. The molecule has 0 unspecified atom stereocenters. The summed E-state index contributed by atoms with van der Waals surface area (Å²) in [5, 5.41) is 2.62. The van der Waals surface area contributed by atoms with Gasteiger partial charge in [-0.05, 0) is 54.4 Å². The number of carbonyl (C=O) groups is 1. The second-order valence-electron chi connectivity index (χ2n) is 8.02. The van der Waals surface area contributed by atoms with E-state index in [4.69, 9.17) is 0 Å². The van der Waals surface area contributed by atoms with Gasteiger partial charge in [-0.15, -0.1) is 0 Å². The maximum atomic E-state index is 13.4. The van der Waals surface area contributed by atoms with Crippen LogP contribution in [0.3, 0.4) is 0 Å². The molecule has 1 N–H and O–H groups in total. The highest BCUT2D eigenvalue weighted by Crippen LogP contribution is 2.23. The summed E-state index contributed by atoms with van der Waals surface area (Å²) in [7, 11) is -5.09. The minimum Gasteiger partial charge on any atom is -0.325 e. The number of nitrogens with zero attached hydrogens (tertiary/aromatic N) is 2. The van der Waals surface area contributed by atoms with Crippen molar-refractivity contribution >= 4 is 31.6 Å². The van der Waals surface area contributed by atoms with E-state index >= 15 is 0 Å². The van der Waals surface area contributed by atoms with Gasteiger partial charge >= 0.3 is 0 Å². The fourth-order valence-electron chi connectivity index (χ4n) is 3.23. The second kappa shape index (κ2) is 10.6. The number of nitrogens with one attached hydrogen (secondary N) is 1. The molecule has 0 aliphatic carbocycles. The molecule has 3 rings (SSSR count). The number of halogens is 1. The molecular formula is C24H26FN3O5S2. The lowest BCUT2D eigenvalue weighted by Crippen LogP contribution is -2.37. The van der Waals surface area contributed by atoms with Crippen molar-refractivity contribution in [3.05, 3.63) is 89.7 Å². The third-order valence-electron chi connectivity index (χ3n) is 5.23. The molecule has 35 heavy (non-hydrogen) atoms. The molecule has 0 bridgehead atoms. The summed E-state index contributed by atoms with van der Waals surface area (Å²) in [5.41, 5.74) is 1.50. The van der Waals surface area contributed by atoms with Gasteiger partial charge in [0.2, 0.25) is 26.0 Å². The Morgan fingerprint density at radius 2 is 1.46 bits per heavy atom. The normalized spacial score (nSPS) is 12.2. The summed E-state index contributed by atoms with van der Waals surface area (Å²) in [6.45, 7) is 1.05. The molecule has 0 radical (unpaired) electrons. The van der Waals surface area contributed by atoms with Crippen LogP contribution in [-0.2, 0) is 31.4 Å². The average Bonchev–Trinajstić information content (AvgIpc) is 2.81. The van der Waals surface area contributed by atoms with Crippen LogP contribution >= 0.6 is 0 Å². The third-order valence-corrected chi connectivity index (χ3v) is 8.85. The van der Waals surface area contributed by atoms with Crippen LogP contribution in [0.5, 0.6) is 0 Å². The van der Waals surface area contributed by atoms with Crippen LogP contribution in [0, 0.1) is 12.7 Å². The van der Waals surface area contributed by atoms with Crippen LogP contribution in [0.15, 0.2) is 82.6 Å². The van der Waals surface area contributed by atoms with Crippen molar-refractivity contribution in [2.24, 2.45) is 0 Å². The Bertz CT molecular complexity index is 1410. The third kappa shape index (κ3) is 6.31. The lowest BCUT2D eigenvalue weighted by Gasteiger charge is -2.22. The molecule has 0 aliphatic rings. The van der Waals surface area contributed by atoms with Crippen LogP contribution in [0.1, 0.15) is 11.1 Å². The van der Waals surface area contributed by atoms with Crippen molar-refractivity contribution in [1.82, 2.24) is 8.61 Å². The molecule has 0 heterocycles. The van der Waals surface area contributed by atoms with Crippen LogP contribution in [0.4, 0.5) is 10.1 Å². The van der Waals surface area contributed by atoms with Gasteiger partial charge in [-0.2, -0.15) is 4.31 Å². The molecule has 0 saturated heterocycles. The van der Waals surface area contributed by atoms with E-state index in [1.807, 2.05) is 0 Å². The Morgan fingerprint density at radius 1 is 0.857 bits per heavy atom. The van der Waals surface area contributed by atoms with Crippen LogP contribution in [-0.4, -0.2) is 52.0 Å². The van der Waals surface area contributed by atoms with Gasteiger partial charge < -0.3 is 5.32 Å². The molecule has 0 aromatic heterocycles. The van der Waals surface area contributed by atoms with E-state index in [0.29, 0.717) is 11.1 Å². The Kier molecular flexibility index (Phi) is 8.06. The summed E-state index contributed by atoms with van der Waals surface area (Å²) in [4.78, 5) is 12.8. The number of carbonyl (C=O) groups excluding carboxylic acids is 1. The molecule has 0 saturated carbocycles. The SMILES string of the molecule is Cc1ccc(S(=O)(=O)N(C)C)cc1NC(=O)CN(Cc1ccccc1)S(=O)(=O)c1ccc(F)cc1. The van der Waals surface area contributed by atoms with Gasteiger partial charge in [0.1, 0.15) is 5.82 Å². The first-order valence-corrected chi connectivity index (χ1v) is 13.4. The molecule has 3 aromatic rings. The number of benzene rings is 3. The minimum absolute atomic E-state index is 0.0107. The van der Waals surface area contributed by atoms with E-state index in [1.165, 1.54) is 26.2 Å². The van der Waals surface area contributed by atoms with Crippen molar-refractivity contribution in [2.45, 2.75) is 23.3 Å². The zero-order chi connectivity index (χ0) is 25.8. The summed E-state index contributed by atoms with van der Waals surface area (Å²) < 4.78 is 67.0. The summed E-state index contributed by atoms with van der Waals surface area (Å²) in [6.07, 6.45) is 0. The predicted molar refractivity (Wildman–Crippen MR) is 131 cm³/mol. The van der Waals surface area contributed by atoms with Gasteiger partial charge in [0.25, 0.3) is 0 Å². The molecule has 11 heteroatoms. The highest BCUT2D eigenvalue weighted by Gasteiger charge is 2.27. The molecule has 1 amide bonds. The Balaban J connectivity index is 1.91. The summed E-state index contributed by atoms with van der Waals surface area (Å²) >= 11 is 0. The lowest BCUT2D eigenvalue weighted by molar-refractivity contribution is -0.116. The van der Waals surface area contributed by atoms with E-state index in [2.05, 4.69) is 5.32 Å². The Labute approximate surface area is 205 Å². The first-order valence-electron chi connectivity index (χ1n) is 10.5. The summed E-state index contributed by atoms with van der Waals surface area (Å²) in [6, 6.07) is 17.4. The van der Waals surface area contributed by atoms with Gasteiger partial charge in [-0.3, -0.25) is 4.79 Å². The van der Waals surface area contributed by atoms with E-state index < -0.39 is 38.3 Å². The maximum Gasteiger partial charge on any atom is 0.243 e. The predicted octanol–water partition coefficient (Wildman–Crippen LogP) is 3.21. The highest BCUT2D eigenvalue weighted by molar-refractivity contribution is 7.89. The first-order chi connectivity index (χ1) is 16.4. The monoisotopic (exact) mass is 519 g/mol. The second-order valence-corrected chi connectivity index (χ2v) is 12.1. The number of hydrogen-bond acceptors (Lipinski definition) is 5. The van der Waals surface area contributed by atoms with Gasteiger partial charge in [0.15, 0.2) is 0 Å². The van der Waals surface area contributed by atoms with Gasteiger partial charge in [0, 0.05) is 26.3 Å². The zero-order valence-corrected chi connectivity index (χ0v) is 21.1. The van der Waals surface area contributed by atoms with E-state index in [-0.39, 0.29) is 22.0 Å². The van der Waals surface area contributed by atoms with Crippen molar-refractivity contribution in [3.63, 3.8) is 0 Å². The van der Waals surface area contributed by atoms with E-state index in [9.17, 15) is 26.0 Å². The van der Waals surface area contributed by atoms with Crippen LogP contribution in [0.25, 0.3) is 0 Å². The van der Waals surface area contributed by atoms with Crippen LogP contribution in [0.2, 0.25) is 0 Å². The highest BCUT2D eigenvalue weighted by atomic mass is 32.2. The topological polar surface area (TPSA) is 104 Å². The smallest absolute Gasteiger partial charge is 0.243 e. The molecule has 3 aromatic carbocycles. The number of hydrogen-bond donors (Lipinski definition) is 1. The number of amides is 1. The number of aryl methyl sites for hydroxylation is 1. The molecule has 0 aliphatic heterocycles. The average molecular weight is 520 g/mol. The van der Waals surface area contributed by atoms with Crippen molar-refractivity contribution in [2.75, 3.05) is 26.0 Å². The van der Waals surface area contributed by atoms with Gasteiger partial charge in [0.05, 0.1) is 16.3 Å². The zero-order valence-electron chi connectivity index (χ0n) is 19.5. The molecule has 0 spiro atoms. The van der Waals surface area contributed by atoms with Gasteiger partial charge in [-0.25, -0.2) is 25.5 Å². The van der Waals surface area contributed by atoms with Crippen LogP contribution < -0.4 is 5.32 Å². The fraction of sp³-hybridized carbons (Fsp3) is 0.208. The Morgan fingerprint density at radius 3 is 2.06 bits per heavy atom. The summed E-state index contributed by atoms with van der Waals surface area (Å²) in [5.74, 6) is -1.24. The Hall–Kier alpha value is -3.12.